The Morgan fingerprint density at radius 1 is 1.50 bits per heavy atom. The Hall–Kier alpha value is -0.780. The van der Waals surface area contributed by atoms with Crippen LogP contribution in [0.2, 0.25) is 0 Å². The van der Waals surface area contributed by atoms with E-state index in [-0.39, 0.29) is 12.8 Å². The second kappa shape index (κ2) is 4.61. The number of halogens is 3. The minimum atomic E-state index is -4.34. The number of amides is 1. The van der Waals surface area contributed by atoms with Crippen LogP contribution >= 0.6 is 0 Å². The van der Waals surface area contributed by atoms with Crippen molar-refractivity contribution in [3.8, 4) is 0 Å². The zero-order chi connectivity index (χ0) is 12.4. The summed E-state index contributed by atoms with van der Waals surface area (Å²) in [5, 5.41) is 2.11. The Labute approximate surface area is 92.6 Å². The van der Waals surface area contributed by atoms with Crippen LogP contribution in [0.4, 0.5) is 13.2 Å². The Kier molecular flexibility index (Phi) is 3.83. The number of alkyl halides is 3. The minimum Gasteiger partial charge on any atom is -0.342 e. The van der Waals surface area contributed by atoms with Crippen molar-refractivity contribution in [1.82, 2.24) is 5.32 Å². The quantitative estimate of drug-likeness (QED) is 0.764. The van der Waals surface area contributed by atoms with Crippen molar-refractivity contribution in [2.45, 2.75) is 44.3 Å². The molecule has 1 aliphatic rings. The van der Waals surface area contributed by atoms with Gasteiger partial charge in [0.2, 0.25) is 5.91 Å². The van der Waals surface area contributed by atoms with E-state index in [9.17, 15) is 18.0 Å². The van der Waals surface area contributed by atoms with E-state index in [4.69, 9.17) is 5.73 Å². The van der Waals surface area contributed by atoms with Crippen LogP contribution < -0.4 is 11.1 Å². The molecule has 6 heteroatoms. The maximum Gasteiger partial charge on any atom is 0.411 e. The molecule has 0 bridgehead atoms. The molecule has 1 rings (SSSR count). The lowest BCUT2D eigenvalue weighted by atomic mass is 10.0. The van der Waals surface area contributed by atoms with Crippen LogP contribution in [-0.2, 0) is 4.79 Å². The van der Waals surface area contributed by atoms with Gasteiger partial charge in [-0.15, -0.1) is 0 Å². The van der Waals surface area contributed by atoms with Gasteiger partial charge in [0.1, 0.15) is 5.54 Å². The molecule has 16 heavy (non-hydrogen) atoms. The number of hydrogen-bond donors (Lipinski definition) is 2. The van der Waals surface area contributed by atoms with Gasteiger partial charge in [0.25, 0.3) is 0 Å². The van der Waals surface area contributed by atoms with Gasteiger partial charge >= 0.3 is 6.18 Å². The molecule has 0 aromatic carbocycles. The Bertz CT molecular complexity index is 261. The fourth-order valence-electron chi connectivity index (χ4n) is 1.52. The molecule has 1 amide bonds. The summed E-state index contributed by atoms with van der Waals surface area (Å²) in [5.74, 6) is -0.938. The number of carbonyl (C=O) groups is 1. The normalized spacial score (nSPS) is 20.3. The average molecular weight is 238 g/mol. The highest BCUT2D eigenvalue weighted by Crippen LogP contribution is 2.49. The molecular weight excluding hydrogens is 221 g/mol. The van der Waals surface area contributed by atoms with Crippen LogP contribution in [0.3, 0.4) is 0 Å². The Balaban J connectivity index is 2.46. The second-order valence-electron chi connectivity index (χ2n) is 4.40. The molecule has 3 nitrogen and oxygen atoms in total. The van der Waals surface area contributed by atoms with Crippen LogP contribution in [0.1, 0.15) is 32.6 Å². The largest absolute Gasteiger partial charge is 0.411 e. The minimum absolute atomic E-state index is 0.00809. The zero-order valence-corrected chi connectivity index (χ0v) is 9.23. The fraction of sp³-hybridized carbons (Fsp3) is 0.900. The topological polar surface area (TPSA) is 55.1 Å². The van der Waals surface area contributed by atoms with E-state index in [0.717, 1.165) is 0 Å². The molecule has 1 fully saturated rings. The molecule has 94 valence electrons. The van der Waals surface area contributed by atoms with Crippen LogP contribution in [0.25, 0.3) is 0 Å². The van der Waals surface area contributed by atoms with Gasteiger partial charge in [-0.25, -0.2) is 0 Å². The van der Waals surface area contributed by atoms with E-state index >= 15 is 0 Å². The monoisotopic (exact) mass is 238 g/mol. The van der Waals surface area contributed by atoms with Gasteiger partial charge in [-0.3, -0.25) is 4.79 Å². The standard InChI is InChI=1S/C10H17F3N2O/c1-7(3-2-6-14)8(16)15-9(4-5-9)10(11,12)13/h7H,2-6,14H2,1H3,(H,15,16). The summed E-state index contributed by atoms with van der Waals surface area (Å²) in [6.45, 7) is 2.07. The maximum atomic E-state index is 12.5. The molecular formula is C10H17F3N2O. The number of carbonyl (C=O) groups excluding carboxylic acids is 1. The van der Waals surface area contributed by atoms with Crippen LogP contribution in [-0.4, -0.2) is 24.2 Å². The summed E-state index contributed by atoms with van der Waals surface area (Å²) in [7, 11) is 0. The van der Waals surface area contributed by atoms with Gasteiger partial charge in [0.05, 0.1) is 0 Å². The van der Waals surface area contributed by atoms with Crippen molar-refractivity contribution in [3.63, 3.8) is 0 Å². The van der Waals surface area contributed by atoms with Gasteiger partial charge in [0.15, 0.2) is 0 Å². The first-order valence-electron chi connectivity index (χ1n) is 5.41. The summed E-state index contributed by atoms with van der Waals surface area (Å²) in [5.41, 5.74) is 3.33. The summed E-state index contributed by atoms with van der Waals surface area (Å²) in [6, 6.07) is 0. The van der Waals surface area contributed by atoms with Gasteiger partial charge in [-0.2, -0.15) is 13.2 Å². The summed E-state index contributed by atoms with van der Waals surface area (Å²) in [4.78, 5) is 11.5. The van der Waals surface area contributed by atoms with Gasteiger partial charge in [0, 0.05) is 5.92 Å². The highest BCUT2D eigenvalue weighted by atomic mass is 19.4. The zero-order valence-electron chi connectivity index (χ0n) is 9.23. The predicted octanol–water partition coefficient (Wildman–Crippen LogP) is 1.57. The first kappa shape index (κ1) is 13.3. The lowest BCUT2D eigenvalue weighted by molar-refractivity contribution is -0.171. The van der Waals surface area contributed by atoms with Crippen molar-refractivity contribution >= 4 is 5.91 Å². The molecule has 0 heterocycles. The van der Waals surface area contributed by atoms with Crippen LogP contribution in [0.5, 0.6) is 0 Å². The number of rotatable bonds is 5. The fourth-order valence-corrected chi connectivity index (χ4v) is 1.52. The van der Waals surface area contributed by atoms with E-state index < -0.39 is 23.5 Å². The van der Waals surface area contributed by atoms with Gasteiger partial charge in [-0.1, -0.05) is 6.92 Å². The molecule has 0 aliphatic heterocycles. The molecule has 1 aliphatic carbocycles. The maximum absolute atomic E-state index is 12.5. The molecule has 1 unspecified atom stereocenters. The molecule has 1 atom stereocenters. The van der Waals surface area contributed by atoms with Crippen molar-refractivity contribution in [3.05, 3.63) is 0 Å². The predicted molar refractivity (Wildman–Crippen MR) is 53.6 cm³/mol. The molecule has 0 spiro atoms. The van der Waals surface area contributed by atoms with Crippen LogP contribution in [0, 0.1) is 5.92 Å². The lowest BCUT2D eigenvalue weighted by Crippen LogP contribution is -2.49. The first-order valence-corrected chi connectivity index (χ1v) is 5.41. The van der Waals surface area contributed by atoms with Crippen molar-refractivity contribution in [2.24, 2.45) is 11.7 Å². The third kappa shape index (κ3) is 2.87. The summed E-state index contributed by atoms with van der Waals surface area (Å²) in [6.07, 6.45) is -3.18. The number of nitrogens with one attached hydrogen (secondary N) is 1. The second-order valence-corrected chi connectivity index (χ2v) is 4.40. The third-order valence-corrected chi connectivity index (χ3v) is 2.94. The van der Waals surface area contributed by atoms with E-state index in [0.29, 0.717) is 19.4 Å². The smallest absolute Gasteiger partial charge is 0.342 e. The average Bonchev–Trinajstić information content (AvgIpc) is 2.94. The van der Waals surface area contributed by atoms with E-state index in [1.165, 1.54) is 0 Å². The molecule has 0 saturated heterocycles. The third-order valence-electron chi connectivity index (χ3n) is 2.94. The van der Waals surface area contributed by atoms with Crippen molar-refractivity contribution in [2.75, 3.05) is 6.54 Å². The number of nitrogens with two attached hydrogens (primary N) is 1. The molecule has 0 aromatic heterocycles. The Morgan fingerprint density at radius 3 is 2.44 bits per heavy atom. The van der Waals surface area contributed by atoms with Crippen LogP contribution in [0.15, 0.2) is 0 Å². The van der Waals surface area contributed by atoms with Gasteiger partial charge < -0.3 is 11.1 Å². The van der Waals surface area contributed by atoms with E-state index in [1.54, 1.807) is 6.92 Å². The van der Waals surface area contributed by atoms with E-state index in [1.807, 2.05) is 0 Å². The van der Waals surface area contributed by atoms with Crippen molar-refractivity contribution in [1.29, 1.82) is 0 Å². The highest BCUT2D eigenvalue weighted by molar-refractivity contribution is 5.79. The first-order chi connectivity index (χ1) is 7.32. The highest BCUT2D eigenvalue weighted by Gasteiger charge is 2.64. The Morgan fingerprint density at radius 2 is 2.06 bits per heavy atom. The number of hydrogen-bond acceptors (Lipinski definition) is 2. The summed E-state index contributed by atoms with van der Waals surface area (Å²) >= 11 is 0. The summed E-state index contributed by atoms with van der Waals surface area (Å²) < 4.78 is 37.6. The van der Waals surface area contributed by atoms with Gasteiger partial charge in [-0.05, 0) is 32.2 Å². The SMILES string of the molecule is CC(CCCN)C(=O)NC1(C(F)(F)F)CC1. The van der Waals surface area contributed by atoms with Crippen molar-refractivity contribution < 1.29 is 18.0 Å². The molecule has 0 radical (unpaired) electrons. The molecule has 1 saturated carbocycles. The molecule has 3 N–H and O–H groups in total. The lowest BCUT2D eigenvalue weighted by Gasteiger charge is -2.22. The van der Waals surface area contributed by atoms with E-state index in [2.05, 4.69) is 5.32 Å². The molecule has 0 aromatic rings.